The third kappa shape index (κ3) is 4.43. The molecule has 0 fully saturated rings. The topological polar surface area (TPSA) is 29.1 Å². The smallest absolute Gasteiger partial charge is 0.236 e. The maximum atomic E-state index is 11.9. The molecule has 0 aliphatic rings. The lowest BCUT2D eigenvalue weighted by Gasteiger charge is -2.22. The summed E-state index contributed by atoms with van der Waals surface area (Å²) in [5.41, 5.74) is 1.13. The molecule has 0 aliphatic heterocycles. The summed E-state index contributed by atoms with van der Waals surface area (Å²) in [5, 5.41) is 3.04. The quantitative estimate of drug-likeness (QED) is 0.799. The maximum absolute atomic E-state index is 11.9. The normalized spacial score (nSPS) is 13.2. The molecule has 1 aromatic carbocycles. The Kier molecular flexibility index (Phi) is 5.20. The molecule has 1 amide bonds. The van der Waals surface area contributed by atoms with Crippen molar-refractivity contribution in [3.8, 4) is 0 Å². The molecule has 0 saturated heterocycles. The third-order valence-corrected chi connectivity index (χ3v) is 3.41. The van der Waals surface area contributed by atoms with E-state index in [1.165, 1.54) is 0 Å². The van der Waals surface area contributed by atoms with E-state index in [2.05, 4.69) is 44.1 Å². The van der Waals surface area contributed by atoms with Crippen LogP contribution in [0.3, 0.4) is 0 Å². The summed E-state index contributed by atoms with van der Waals surface area (Å²) in [5.74, 6) is 0.00673. The van der Waals surface area contributed by atoms with Gasteiger partial charge in [-0.3, -0.25) is 4.79 Å². The summed E-state index contributed by atoms with van der Waals surface area (Å²) < 4.78 is 0.513. The first kappa shape index (κ1) is 14.7. The van der Waals surface area contributed by atoms with E-state index in [1.54, 1.807) is 0 Å². The molecule has 0 heterocycles. The van der Waals surface area contributed by atoms with Gasteiger partial charge in [0.2, 0.25) is 5.91 Å². The molecule has 4 heteroatoms. The molecule has 1 atom stereocenters. The van der Waals surface area contributed by atoms with Crippen LogP contribution in [0.4, 0.5) is 0 Å². The number of carbonyl (C=O) groups is 1. The average molecular weight is 363 g/mol. The fraction of sp³-hybridized carbons (Fsp3) is 0.462. The zero-order valence-electron chi connectivity index (χ0n) is 10.3. The maximum Gasteiger partial charge on any atom is 0.236 e. The van der Waals surface area contributed by atoms with Gasteiger partial charge < -0.3 is 5.32 Å². The zero-order chi connectivity index (χ0) is 13.1. The van der Waals surface area contributed by atoms with Crippen LogP contribution in [-0.4, -0.2) is 10.2 Å². The Labute approximate surface area is 119 Å². The molecule has 1 rings (SSSR count). The highest BCUT2D eigenvalue weighted by Crippen LogP contribution is 2.22. The minimum absolute atomic E-state index is 0.00673. The predicted octanol–water partition coefficient (Wildman–Crippen LogP) is 4.19. The Balaban J connectivity index is 2.79. The van der Waals surface area contributed by atoms with E-state index in [1.807, 2.05) is 38.1 Å². The minimum atomic E-state index is -0.532. The van der Waals surface area contributed by atoms with Crippen LogP contribution in [0.2, 0.25) is 0 Å². The third-order valence-electron chi connectivity index (χ3n) is 2.53. The molecular weight excluding hydrogens is 346 g/mol. The van der Waals surface area contributed by atoms with Gasteiger partial charge in [-0.15, -0.1) is 0 Å². The fourth-order valence-corrected chi connectivity index (χ4v) is 1.82. The molecule has 1 N–H and O–H groups in total. The van der Waals surface area contributed by atoms with Crippen LogP contribution in [0, 0.1) is 0 Å². The van der Waals surface area contributed by atoms with Gasteiger partial charge in [-0.1, -0.05) is 50.9 Å². The van der Waals surface area contributed by atoms with E-state index in [-0.39, 0.29) is 11.9 Å². The van der Waals surface area contributed by atoms with Crippen molar-refractivity contribution in [2.75, 3.05) is 0 Å². The highest BCUT2D eigenvalue weighted by Gasteiger charge is 2.25. The molecule has 94 valence electrons. The zero-order valence-corrected chi connectivity index (χ0v) is 13.4. The van der Waals surface area contributed by atoms with Gasteiger partial charge in [0.05, 0.1) is 10.4 Å². The van der Waals surface area contributed by atoms with Gasteiger partial charge in [0.25, 0.3) is 0 Å². The number of amides is 1. The number of halogens is 2. The average Bonchev–Trinajstić information content (AvgIpc) is 2.25. The molecule has 1 unspecified atom stereocenters. The van der Waals surface area contributed by atoms with E-state index >= 15 is 0 Å². The molecule has 0 saturated carbocycles. The van der Waals surface area contributed by atoms with Crippen LogP contribution in [0.5, 0.6) is 0 Å². The highest BCUT2D eigenvalue weighted by atomic mass is 79.9. The molecule has 0 aliphatic carbocycles. The standard InChI is InChI=1S/C13H17Br2NO/c1-4-11(16-12(17)13(2,3)15)9-5-7-10(14)8-6-9/h5-8,11H,4H2,1-3H3,(H,16,17). The Morgan fingerprint density at radius 2 is 1.88 bits per heavy atom. The van der Waals surface area contributed by atoms with Crippen LogP contribution >= 0.6 is 31.9 Å². The molecule has 1 aromatic rings. The Morgan fingerprint density at radius 1 is 1.35 bits per heavy atom. The van der Waals surface area contributed by atoms with E-state index < -0.39 is 4.32 Å². The Hall–Kier alpha value is -0.350. The molecule has 0 bridgehead atoms. The number of nitrogens with one attached hydrogen (secondary N) is 1. The van der Waals surface area contributed by atoms with Crippen molar-refractivity contribution in [2.45, 2.75) is 37.6 Å². The Morgan fingerprint density at radius 3 is 2.29 bits per heavy atom. The van der Waals surface area contributed by atoms with Gasteiger partial charge >= 0.3 is 0 Å². The van der Waals surface area contributed by atoms with E-state index in [0.717, 1.165) is 16.5 Å². The molecule has 0 radical (unpaired) electrons. The largest absolute Gasteiger partial charge is 0.348 e. The van der Waals surface area contributed by atoms with Crippen molar-refractivity contribution >= 4 is 37.8 Å². The lowest BCUT2D eigenvalue weighted by atomic mass is 10.0. The monoisotopic (exact) mass is 361 g/mol. The van der Waals surface area contributed by atoms with Crippen molar-refractivity contribution in [1.29, 1.82) is 0 Å². The van der Waals surface area contributed by atoms with Crippen molar-refractivity contribution in [1.82, 2.24) is 5.32 Å². The number of hydrogen-bond acceptors (Lipinski definition) is 1. The van der Waals surface area contributed by atoms with Gasteiger partial charge in [0, 0.05) is 4.47 Å². The molecule has 17 heavy (non-hydrogen) atoms. The summed E-state index contributed by atoms with van der Waals surface area (Å²) in [6, 6.07) is 8.10. The van der Waals surface area contributed by atoms with Gasteiger partial charge in [-0.25, -0.2) is 0 Å². The van der Waals surface area contributed by atoms with Crippen LogP contribution in [0.25, 0.3) is 0 Å². The summed E-state index contributed by atoms with van der Waals surface area (Å²) in [7, 11) is 0. The van der Waals surface area contributed by atoms with Crippen molar-refractivity contribution in [2.24, 2.45) is 0 Å². The van der Waals surface area contributed by atoms with Gasteiger partial charge in [-0.2, -0.15) is 0 Å². The second kappa shape index (κ2) is 6.01. The predicted molar refractivity (Wildman–Crippen MR) is 78.3 cm³/mol. The first-order valence-electron chi connectivity index (χ1n) is 5.60. The molecule has 0 spiro atoms. The molecule has 0 aromatic heterocycles. The second-order valence-electron chi connectivity index (χ2n) is 4.46. The Bertz CT molecular complexity index is 381. The van der Waals surface area contributed by atoms with Gasteiger partial charge in [0.1, 0.15) is 0 Å². The molecule has 2 nitrogen and oxygen atoms in total. The first-order chi connectivity index (χ1) is 7.84. The van der Waals surface area contributed by atoms with E-state index in [9.17, 15) is 4.79 Å². The number of hydrogen-bond donors (Lipinski definition) is 1. The van der Waals surface area contributed by atoms with E-state index in [0.29, 0.717) is 0 Å². The number of benzene rings is 1. The van der Waals surface area contributed by atoms with Crippen molar-refractivity contribution in [3.05, 3.63) is 34.3 Å². The molecular formula is C13H17Br2NO. The second-order valence-corrected chi connectivity index (χ2v) is 7.36. The van der Waals surface area contributed by atoms with Crippen LogP contribution < -0.4 is 5.32 Å². The van der Waals surface area contributed by atoms with Gasteiger partial charge in [0.15, 0.2) is 0 Å². The minimum Gasteiger partial charge on any atom is -0.348 e. The summed E-state index contributed by atoms with van der Waals surface area (Å²) in [6.45, 7) is 5.75. The summed E-state index contributed by atoms with van der Waals surface area (Å²) >= 11 is 6.77. The van der Waals surface area contributed by atoms with Gasteiger partial charge in [-0.05, 0) is 38.0 Å². The van der Waals surface area contributed by atoms with E-state index in [4.69, 9.17) is 0 Å². The SMILES string of the molecule is CCC(NC(=O)C(C)(C)Br)c1ccc(Br)cc1. The van der Waals surface area contributed by atoms with Crippen LogP contribution in [0.1, 0.15) is 38.8 Å². The lowest BCUT2D eigenvalue weighted by Crippen LogP contribution is -2.39. The number of carbonyl (C=O) groups excluding carboxylic acids is 1. The van der Waals surface area contributed by atoms with Crippen LogP contribution in [-0.2, 0) is 4.79 Å². The van der Waals surface area contributed by atoms with Crippen molar-refractivity contribution in [3.63, 3.8) is 0 Å². The summed E-state index contributed by atoms with van der Waals surface area (Å²) in [4.78, 5) is 11.9. The first-order valence-corrected chi connectivity index (χ1v) is 7.18. The number of alkyl halides is 1. The van der Waals surface area contributed by atoms with Crippen molar-refractivity contribution < 1.29 is 4.79 Å². The number of rotatable bonds is 4. The van der Waals surface area contributed by atoms with Crippen LogP contribution in [0.15, 0.2) is 28.7 Å². The summed E-state index contributed by atoms with van der Waals surface area (Å²) in [6.07, 6.45) is 0.871. The highest BCUT2D eigenvalue weighted by molar-refractivity contribution is 9.10. The lowest BCUT2D eigenvalue weighted by molar-refractivity contribution is -0.123. The fourth-order valence-electron chi connectivity index (χ4n) is 1.45.